The van der Waals surface area contributed by atoms with E-state index in [2.05, 4.69) is 10.4 Å². The summed E-state index contributed by atoms with van der Waals surface area (Å²) in [5.41, 5.74) is 1.24. The lowest BCUT2D eigenvalue weighted by atomic mass is 10.3. The third-order valence-corrected chi connectivity index (χ3v) is 5.40. The molecule has 1 aliphatic heterocycles. The van der Waals surface area contributed by atoms with E-state index in [4.69, 9.17) is 44.6 Å². The van der Waals surface area contributed by atoms with Gasteiger partial charge in [-0.25, -0.2) is 0 Å². The van der Waals surface area contributed by atoms with Gasteiger partial charge in [0.2, 0.25) is 0 Å². The molecular formula is C21H18Cl2N4O3S. The highest BCUT2D eigenvalue weighted by molar-refractivity contribution is 7.80. The average molecular weight is 477 g/mol. The summed E-state index contributed by atoms with van der Waals surface area (Å²) in [5.74, 6) is 1.36. The molecule has 1 saturated heterocycles. The first kappa shape index (κ1) is 21.4. The number of rotatable bonds is 7. The largest absolute Gasteiger partial charge is 0.484 e. The summed E-state index contributed by atoms with van der Waals surface area (Å²) in [6.45, 7) is 3.28. The van der Waals surface area contributed by atoms with Gasteiger partial charge in [0.05, 0.1) is 17.8 Å². The van der Waals surface area contributed by atoms with Gasteiger partial charge in [-0.1, -0.05) is 23.2 Å². The van der Waals surface area contributed by atoms with Crippen LogP contribution in [0.4, 0.5) is 0 Å². The van der Waals surface area contributed by atoms with Crippen LogP contribution in [-0.2, 0) is 24.5 Å². The molecule has 1 fully saturated rings. The highest BCUT2D eigenvalue weighted by atomic mass is 35.5. The number of carbonyl (C=O) groups is 1. The van der Waals surface area contributed by atoms with E-state index in [1.54, 1.807) is 47.3 Å². The van der Waals surface area contributed by atoms with E-state index in [0.717, 1.165) is 12.1 Å². The standard InChI is InChI=1S/C21H18Cl2N4O3S/c1-2-26-10-13(9-24-26)11-27-20(28)18(25-21(27)31)8-15-4-5-16(30-15)12-29-19-6-3-14(22)7-17(19)23/h3-10H,2,11-12H2,1H3,(H,25,31)/b18-8+. The maximum absolute atomic E-state index is 12.8. The lowest BCUT2D eigenvalue weighted by molar-refractivity contribution is -0.122. The molecule has 1 N–H and O–H groups in total. The van der Waals surface area contributed by atoms with E-state index in [1.165, 1.54) is 4.90 Å². The van der Waals surface area contributed by atoms with E-state index in [-0.39, 0.29) is 12.5 Å². The zero-order valence-electron chi connectivity index (χ0n) is 16.5. The van der Waals surface area contributed by atoms with Crippen molar-refractivity contribution in [3.63, 3.8) is 0 Å². The second-order valence-electron chi connectivity index (χ2n) is 6.75. The van der Waals surface area contributed by atoms with Gasteiger partial charge in [0, 0.05) is 29.4 Å². The third-order valence-electron chi connectivity index (χ3n) is 4.55. The molecule has 0 unspecified atom stereocenters. The van der Waals surface area contributed by atoms with Crippen LogP contribution < -0.4 is 10.1 Å². The summed E-state index contributed by atoms with van der Waals surface area (Å²) in [7, 11) is 0. The Kier molecular flexibility index (Phi) is 6.31. The summed E-state index contributed by atoms with van der Waals surface area (Å²) in [4.78, 5) is 14.3. The van der Waals surface area contributed by atoms with E-state index in [0.29, 0.717) is 44.7 Å². The Hall–Kier alpha value is -2.81. The van der Waals surface area contributed by atoms with Crippen molar-refractivity contribution in [2.75, 3.05) is 0 Å². The lowest BCUT2D eigenvalue weighted by Crippen LogP contribution is -2.29. The number of nitrogens with one attached hydrogen (secondary N) is 1. The topological polar surface area (TPSA) is 72.5 Å². The number of benzene rings is 1. The summed E-state index contributed by atoms with van der Waals surface area (Å²) >= 11 is 17.3. The fraction of sp³-hybridized carbons (Fsp3) is 0.190. The van der Waals surface area contributed by atoms with Gasteiger partial charge in [-0.3, -0.25) is 14.4 Å². The second kappa shape index (κ2) is 9.13. The molecule has 160 valence electrons. The molecule has 0 atom stereocenters. The Bertz CT molecular complexity index is 1170. The second-order valence-corrected chi connectivity index (χ2v) is 7.98. The summed E-state index contributed by atoms with van der Waals surface area (Å²) in [5, 5.41) is 8.46. The molecule has 0 radical (unpaired) electrons. The molecule has 1 aromatic carbocycles. The molecule has 0 saturated carbocycles. The zero-order valence-corrected chi connectivity index (χ0v) is 18.8. The molecule has 0 spiro atoms. The van der Waals surface area contributed by atoms with Crippen LogP contribution in [0.15, 0.2) is 52.8 Å². The van der Waals surface area contributed by atoms with Gasteiger partial charge >= 0.3 is 0 Å². The molecule has 1 aliphatic rings. The molecule has 7 nitrogen and oxygen atoms in total. The van der Waals surface area contributed by atoms with Gasteiger partial charge < -0.3 is 14.5 Å². The third kappa shape index (κ3) is 4.92. The smallest absolute Gasteiger partial charge is 0.276 e. The van der Waals surface area contributed by atoms with Gasteiger partial charge in [-0.15, -0.1) is 0 Å². The number of amides is 1. The highest BCUT2D eigenvalue weighted by Gasteiger charge is 2.31. The van der Waals surface area contributed by atoms with Crippen molar-refractivity contribution in [3.05, 3.63) is 75.6 Å². The summed E-state index contributed by atoms with van der Waals surface area (Å²) < 4.78 is 13.2. The van der Waals surface area contributed by atoms with E-state index in [1.807, 2.05) is 13.1 Å². The predicted molar refractivity (Wildman–Crippen MR) is 122 cm³/mol. The minimum Gasteiger partial charge on any atom is -0.484 e. The molecular weight excluding hydrogens is 459 g/mol. The van der Waals surface area contributed by atoms with Crippen molar-refractivity contribution in [2.45, 2.75) is 26.6 Å². The molecule has 3 heterocycles. The number of hydrogen-bond acceptors (Lipinski definition) is 5. The maximum Gasteiger partial charge on any atom is 0.276 e. The summed E-state index contributed by atoms with van der Waals surface area (Å²) in [6.07, 6.45) is 5.24. The first-order valence-electron chi connectivity index (χ1n) is 9.45. The van der Waals surface area contributed by atoms with E-state index >= 15 is 0 Å². The number of nitrogens with zero attached hydrogens (tertiary/aromatic N) is 3. The average Bonchev–Trinajstić information content (AvgIpc) is 3.44. The Morgan fingerprint density at radius 2 is 2.13 bits per heavy atom. The normalized spacial score (nSPS) is 15.1. The highest BCUT2D eigenvalue weighted by Crippen LogP contribution is 2.28. The van der Waals surface area contributed by atoms with Crippen LogP contribution in [0, 0.1) is 0 Å². The number of ether oxygens (including phenoxy) is 1. The van der Waals surface area contributed by atoms with Crippen LogP contribution in [-0.4, -0.2) is 25.7 Å². The first-order valence-corrected chi connectivity index (χ1v) is 10.6. The quantitative estimate of drug-likeness (QED) is 0.395. The minimum absolute atomic E-state index is 0.178. The van der Waals surface area contributed by atoms with Crippen LogP contribution >= 0.6 is 35.4 Å². The Labute approximate surface area is 194 Å². The van der Waals surface area contributed by atoms with Crippen LogP contribution in [0.2, 0.25) is 10.0 Å². The molecule has 1 amide bonds. The predicted octanol–water partition coefficient (Wildman–Crippen LogP) is 4.64. The van der Waals surface area contributed by atoms with Crippen LogP contribution in [0.5, 0.6) is 5.75 Å². The monoisotopic (exact) mass is 476 g/mol. The number of halogens is 2. The maximum atomic E-state index is 12.8. The molecule has 4 rings (SSSR count). The number of hydrogen-bond donors (Lipinski definition) is 1. The first-order chi connectivity index (χ1) is 14.9. The zero-order chi connectivity index (χ0) is 22.0. The number of aromatic nitrogens is 2. The summed E-state index contributed by atoms with van der Waals surface area (Å²) in [6, 6.07) is 8.51. The van der Waals surface area contributed by atoms with Crippen LogP contribution in [0.25, 0.3) is 6.08 Å². The van der Waals surface area contributed by atoms with E-state index < -0.39 is 0 Å². The number of carbonyl (C=O) groups excluding carboxylic acids is 1. The Morgan fingerprint density at radius 1 is 1.29 bits per heavy atom. The Balaban J connectivity index is 1.41. The number of furan rings is 1. The van der Waals surface area contributed by atoms with Gasteiger partial charge in [0.25, 0.3) is 5.91 Å². The molecule has 0 aliphatic carbocycles. The van der Waals surface area contributed by atoms with Crippen molar-refractivity contribution >= 4 is 52.5 Å². The molecule has 3 aromatic rings. The molecule has 2 aromatic heterocycles. The fourth-order valence-corrected chi connectivity index (χ4v) is 3.71. The van der Waals surface area contributed by atoms with Gasteiger partial charge in [-0.05, 0) is 49.5 Å². The van der Waals surface area contributed by atoms with Crippen molar-refractivity contribution in [3.8, 4) is 5.75 Å². The van der Waals surface area contributed by atoms with Crippen molar-refractivity contribution in [1.82, 2.24) is 20.0 Å². The number of thiocarbonyl (C=S) groups is 1. The van der Waals surface area contributed by atoms with Crippen LogP contribution in [0.3, 0.4) is 0 Å². The number of aryl methyl sites for hydroxylation is 1. The fourth-order valence-electron chi connectivity index (χ4n) is 2.99. The van der Waals surface area contributed by atoms with Crippen molar-refractivity contribution < 1.29 is 13.9 Å². The molecule has 10 heteroatoms. The molecule has 0 bridgehead atoms. The van der Waals surface area contributed by atoms with Gasteiger partial charge in [0.1, 0.15) is 29.6 Å². The van der Waals surface area contributed by atoms with Crippen molar-refractivity contribution in [2.24, 2.45) is 0 Å². The minimum atomic E-state index is -0.226. The SMILES string of the molecule is CCn1cc(CN2C(=O)/C(=C\c3ccc(COc4ccc(Cl)cc4Cl)o3)NC2=S)cn1. The van der Waals surface area contributed by atoms with Crippen molar-refractivity contribution in [1.29, 1.82) is 0 Å². The molecule has 31 heavy (non-hydrogen) atoms. The van der Waals surface area contributed by atoms with Crippen LogP contribution in [0.1, 0.15) is 24.0 Å². The Morgan fingerprint density at radius 3 is 2.87 bits per heavy atom. The van der Waals surface area contributed by atoms with E-state index in [9.17, 15) is 4.79 Å². The van der Waals surface area contributed by atoms with Gasteiger partial charge in [-0.2, -0.15) is 5.10 Å². The lowest BCUT2D eigenvalue weighted by Gasteiger charge is -2.12. The van der Waals surface area contributed by atoms with Gasteiger partial charge in [0.15, 0.2) is 5.11 Å².